The molecule has 0 radical (unpaired) electrons. The molecule has 0 saturated carbocycles. The number of aromatic nitrogens is 1. The van der Waals surface area contributed by atoms with Crippen molar-refractivity contribution in [2.75, 3.05) is 38.1 Å². The highest BCUT2D eigenvalue weighted by atomic mass is 35.5. The number of hydrogen-bond donors (Lipinski definition) is 1. The van der Waals surface area contributed by atoms with Gasteiger partial charge in [0.05, 0.1) is 15.6 Å². The topological polar surface area (TPSA) is 48.5 Å². The third kappa shape index (κ3) is 4.42. The molecule has 1 aromatic carbocycles. The van der Waals surface area contributed by atoms with Crippen molar-refractivity contribution >= 4 is 34.9 Å². The van der Waals surface area contributed by atoms with Gasteiger partial charge in [-0.3, -0.25) is 4.79 Å². The molecular formula is C18H20Cl2N4O. The van der Waals surface area contributed by atoms with Gasteiger partial charge in [-0.1, -0.05) is 35.3 Å². The molecule has 25 heavy (non-hydrogen) atoms. The number of halogens is 2. The molecule has 1 aliphatic rings. The lowest BCUT2D eigenvalue weighted by Crippen LogP contribution is -2.44. The van der Waals surface area contributed by atoms with Crippen LogP contribution in [-0.4, -0.2) is 49.0 Å². The van der Waals surface area contributed by atoms with E-state index >= 15 is 0 Å². The Kier molecular flexibility index (Phi) is 5.78. The number of amides is 1. The summed E-state index contributed by atoms with van der Waals surface area (Å²) in [5, 5.41) is 3.48. The molecule has 5 nitrogen and oxygen atoms in total. The van der Waals surface area contributed by atoms with Crippen LogP contribution in [0, 0.1) is 0 Å². The number of hydrogen-bond acceptors (Lipinski definition) is 4. The molecule has 0 aliphatic carbocycles. The number of carbonyl (C=O) groups is 1. The lowest BCUT2D eigenvalue weighted by molar-refractivity contribution is 0.0951. The van der Waals surface area contributed by atoms with Crippen LogP contribution in [0.2, 0.25) is 10.0 Å². The van der Waals surface area contributed by atoms with Gasteiger partial charge in [0, 0.05) is 38.9 Å². The van der Waals surface area contributed by atoms with Crippen LogP contribution in [0.15, 0.2) is 36.5 Å². The van der Waals surface area contributed by atoms with E-state index in [1.54, 1.807) is 24.4 Å². The zero-order chi connectivity index (χ0) is 17.8. The summed E-state index contributed by atoms with van der Waals surface area (Å²) in [5.74, 6) is 0.719. The SMILES string of the molecule is CN1CCN(c2ccc(CNC(=O)c3cccc(Cl)c3Cl)cn2)CC1. The Hall–Kier alpha value is -1.82. The van der Waals surface area contributed by atoms with Gasteiger partial charge >= 0.3 is 0 Å². The van der Waals surface area contributed by atoms with E-state index in [1.165, 1.54) is 0 Å². The van der Waals surface area contributed by atoms with Gasteiger partial charge in [0.2, 0.25) is 0 Å². The average molecular weight is 379 g/mol. The van der Waals surface area contributed by atoms with Crippen molar-refractivity contribution in [1.29, 1.82) is 0 Å². The summed E-state index contributed by atoms with van der Waals surface area (Å²) in [4.78, 5) is 21.3. The Balaban J connectivity index is 1.58. The summed E-state index contributed by atoms with van der Waals surface area (Å²) in [7, 11) is 2.13. The van der Waals surface area contributed by atoms with Gasteiger partial charge in [-0.2, -0.15) is 0 Å². The Bertz CT molecular complexity index is 743. The standard InChI is InChI=1S/C18H20Cl2N4O/c1-23-7-9-24(10-8-23)16-6-5-13(11-21-16)12-22-18(25)14-3-2-4-15(19)17(14)20/h2-6,11H,7-10,12H2,1H3,(H,22,25). The van der Waals surface area contributed by atoms with Crippen molar-refractivity contribution in [3.8, 4) is 0 Å². The van der Waals surface area contributed by atoms with Crippen molar-refractivity contribution in [1.82, 2.24) is 15.2 Å². The molecule has 132 valence electrons. The molecule has 2 aromatic rings. The van der Waals surface area contributed by atoms with E-state index in [9.17, 15) is 4.79 Å². The van der Waals surface area contributed by atoms with Crippen molar-refractivity contribution in [3.63, 3.8) is 0 Å². The van der Waals surface area contributed by atoms with Gasteiger partial charge in [-0.15, -0.1) is 0 Å². The maximum absolute atomic E-state index is 12.2. The van der Waals surface area contributed by atoms with Crippen molar-refractivity contribution < 1.29 is 4.79 Å². The Morgan fingerprint density at radius 1 is 1.16 bits per heavy atom. The molecule has 0 spiro atoms. The summed E-state index contributed by atoms with van der Waals surface area (Å²) >= 11 is 12.0. The highest BCUT2D eigenvalue weighted by Crippen LogP contribution is 2.25. The highest BCUT2D eigenvalue weighted by Gasteiger charge is 2.15. The number of nitrogens with one attached hydrogen (secondary N) is 1. The van der Waals surface area contributed by atoms with Crippen LogP contribution < -0.4 is 10.2 Å². The monoisotopic (exact) mass is 378 g/mol. The Labute approximate surface area is 157 Å². The second kappa shape index (κ2) is 8.04. The maximum atomic E-state index is 12.2. The number of pyridine rings is 1. The molecule has 1 aliphatic heterocycles. The summed E-state index contributed by atoms with van der Waals surface area (Å²) < 4.78 is 0. The van der Waals surface area contributed by atoms with Crippen LogP contribution in [-0.2, 0) is 6.54 Å². The molecule has 3 rings (SSSR count). The van der Waals surface area contributed by atoms with Crippen molar-refractivity contribution in [2.45, 2.75) is 6.54 Å². The molecule has 1 fully saturated rings. The van der Waals surface area contributed by atoms with Crippen LogP contribution in [0.5, 0.6) is 0 Å². The molecule has 1 N–H and O–H groups in total. The largest absolute Gasteiger partial charge is 0.354 e. The van der Waals surface area contributed by atoms with E-state index in [2.05, 4.69) is 27.1 Å². The van der Waals surface area contributed by atoms with Crippen LogP contribution in [0.1, 0.15) is 15.9 Å². The van der Waals surface area contributed by atoms with E-state index in [1.807, 2.05) is 12.1 Å². The predicted molar refractivity (Wildman–Crippen MR) is 102 cm³/mol. The summed E-state index contributed by atoms with van der Waals surface area (Å²) in [6.07, 6.45) is 1.80. The molecular weight excluding hydrogens is 359 g/mol. The zero-order valence-corrected chi connectivity index (χ0v) is 15.5. The van der Waals surface area contributed by atoms with Gasteiger partial charge in [0.15, 0.2) is 0 Å². The van der Waals surface area contributed by atoms with Crippen molar-refractivity contribution in [2.24, 2.45) is 0 Å². The first kappa shape index (κ1) is 18.0. The number of rotatable bonds is 4. The van der Waals surface area contributed by atoms with Crippen LogP contribution in [0.25, 0.3) is 0 Å². The second-order valence-corrected chi connectivity index (χ2v) is 6.88. The molecule has 1 amide bonds. The lowest BCUT2D eigenvalue weighted by atomic mass is 10.2. The average Bonchev–Trinajstić information content (AvgIpc) is 2.63. The van der Waals surface area contributed by atoms with Crippen LogP contribution >= 0.6 is 23.2 Å². The minimum absolute atomic E-state index is 0.254. The first-order valence-corrected chi connectivity index (χ1v) is 8.91. The summed E-state index contributed by atoms with van der Waals surface area (Å²) in [6.45, 7) is 4.43. The minimum atomic E-state index is -0.254. The van der Waals surface area contributed by atoms with E-state index in [4.69, 9.17) is 23.2 Å². The molecule has 1 saturated heterocycles. The van der Waals surface area contributed by atoms with E-state index in [0.29, 0.717) is 17.1 Å². The third-order valence-corrected chi connectivity index (χ3v) is 5.10. The quantitative estimate of drug-likeness (QED) is 0.887. The second-order valence-electron chi connectivity index (χ2n) is 6.10. The molecule has 1 aromatic heterocycles. The molecule has 0 bridgehead atoms. The summed E-state index contributed by atoms with van der Waals surface area (Å²) in [5.41, 5.74) is 1.31. The van der Waals surface area contributed by atoms with Gasteiger partial charge < -0.3 is 15.1 Å². The Morgan fingerprint density at radius 2 is 1.92 bits per heavy atom. The zero-order valence-electron chi connectivity index (χ0n) is 14.0. The normalized spacial score (nSPS) is 15.2. The lowest BCUT2D eigenvalue weighted by Gasteiger charge is -2.33. The fraction of sp³-hybridized carbons (Fsp3) is 0.333. The third-order valence-electron chi connectivity index (χ3n) is 4.29. The van der Waals surface area contributed by atoms with Gasteiger partial charge in [-0.25, -0.2) is 4.98 Å². The number of nitrogens with zero attached hydrogens (tertiary/aromatic N) is 3. The van der Waals surface area contributed by atoms with Gasteiger partial charge in [0.25, 0.3) is 5.91 Å². The number of piperazine rings is 1. The van der Waals surface area contributed by atoms with Crippen LogP contribution in [0.3, 0.4) is 0 Å². The van der Waals surface area contributed by atoms with Gasteiger partial charge in [-0.05, 0) is 30.8 Å². The number of likely N-dealkylation sites (N-methyl/N-ethyl adjacent to an activating group) is 1. The molecule has 7 heteroatoms. The smallest absolute Gasteiger partial charge is 0.253 e. The fourth-order valence-electron chi connectivity index (χ4n) is 2.70. The van der Waals surface area contributed by atoms with E-state index in [-0.39, 0.29) is 10.9 Å². The maximum Gasteiger partial charge on any atom is 0.253 e. The number of benzene rings is 1. The van der Waals surface area contributed by atoms with Crippen LogP contribution in [0.4, 0.5) is 5.82 Å². The first-order valence-electron chi connectivity index (χ1n) is 8.15. The Morgan fingerprint density at radius 3 is 2.60 bits per heavy atom. The summed E-state index contributed by atoms with van der Waals surface area (Å²) in [6, 6.07) is 9.00. The molecule has 0 unspecified atom stereocenters. The molecule has 0 atom stereocenters. The number of carbonyl (C=O) groups excluding carboxylic acids is 1. The van der Waals surface area contributed by atoms with E-state index < -0.39 is 0 Å². The van der Waals surface area contributed by atoms with Crippen molar-refractivity contribution in [3.05, 3.63) is 57.7 Å². The number of anilines is 1. The van der Waals surface area contributed by atoms with E-state index in [0.717, 1.165) is 37.6 Å². The minimum Gasteiger partial charge on any atom is -0.354 e. The first-order chi connectivity index (χ1) is 12.0. The highest BCUT2D eigenvalue weighted by molar-refractivity contribution is 6.43. The fourth-order valence-corrected chi connectivity index (χ4v) is 3.09. The predicted octanol–water partition coefficient (Wildman–Crippen LogP) is 3.07. The van der Waals surface area contributed by atoms with Gasteiger partial charge in [0.1, 0.15) is 5.82 Å². The molecule has 2 heterocycles.